The van der Waals surface area contributed by atoms with Crippen molar-refractivity contribution in [3.63, 3.8) is 0 Å². The van der Waals surface area contributed by atoms with E-state index in [9.17, 15) is 14.4 Å². The van der Waals surface area contributed by atoms with E-state index in [2.05, 4.69) is 46.4 Å². The zero-order valence-electron chi connectivity index (χ0n) is 44.7. The van der Waals surface area contributed by atoms with E-state index >= 15 is 0 Å². The zero-order valence-corrected chi connectivity index (χ0v) is 44.7. The summed E-state index contributed by atoms with van der Waals surface area (Å²) in [5.41, 5.74) is 0.871. The van der Waals surface area contributed by atoms with Gasteiger partial charge in [-0.1, -0.05) is 170 Å². The highest BCUT2D eigenvalue weighted by atomic mass is 16.5. The summed E-state index contributed by atoms with van der Waals surface area (Å²) in [6, 6.07) is 0. The summed E-state index contributed by atoms with van der Waals surface area (Å²) in [6.45, 7) is 18.1. The lowest BCUT2D eigenvalue weighted by Crippen LogP contribution is -2.57. The maximum Gasteiger partial charge on any atom is 0.305 e. The lowest BCUT2D eigenvalue weighted by atomic mass is 9.37. The van der Waals surface area contributed by atoms with Crippen molar-refractivity contribution in [2.45, 2.75) is 286 Å². The molecule has 0 N–H and O–H groups in total. The largest absolute Gasteiger partial charge is 0.466 e. The summed E-state index contributed by atoms with van der Waals surface area (Å²) in [6.07, 6.45) is 44.4. The third-order valence-corrected chi connectivity index (χ3v) is 16.9. The monoisotopic (exact) mass is 928 g/mol. The fourth-order valence-corrected chi connectivity index (χ4v) is 14.0. The van der Waals surface area contributed by atoms with Crippen molar-refractivity contribution < 1.29 is 28.6 Å². The van der Waals surface area contributed by atoms with Gasteiger partial charge in [0.1, 0.15) is 0 Å². The average molecular weight is 929 g/mol. The lowest BCUT2D eigenvalue weighted by molar-refractivity contribution is -0.173. The summed E-state index contributed by atoms with van der Waals surface area (Å²) in [5.74, 6) is 2.31. The predicted molar refractivity (Wildman–Crippen MR) is 277 cm³/mol. The number of unbranched alkanes of at least 4 members (excludes halogenated alkanes) is 10. The molecule has 0 heterocycles. The SMILES string of the molecule is CCCCCCC(CCCC)CCCCC(=O)OCCCC12CC3CC(CCCOC(=O)CCCCC(CCCC)CCCCCC)(C1)CC(CCCOC(=O)CCCN(CC)CC)(C3)C2. The van der Waals surface area contributed by atoms with Crippen LogP contribution in [0.3, 0.4) is 0 Å². The van der Waals surface area contributed by atoms with Gasteiger partial charge in [-0.2, -0.15) is 0 Å². The molecule has 7 heteroatoms. The van der Waals surface area contributed by atoms with Crippen molar-refractivity contribution in [3.05, 3.63) is 0 Å². The van der Waals surface area contributed by atoms with E-state index in [0.29, 0.717) is 49.9 Å². The predicted octanol–water partition coefficient (Wildman–Crippen LogP) is 16.7. The minimum Gasteiger partial charge on any atom is -0.466 e. The molecule has 0 saturated heterocycles. The summed E-state index contributed by atoms with van der Waals surface area (Å²) >= 11 is 0. The van der Waals surface area contributed by atoms with Gasteiger partial charge in [0.15, 0.2) is 0 Å². The van der Waals surface area contributed by atoms with Gasteiger partial charge in [0.25, 0.3) is 0 Å². The van der Waals surface area contributed by atoms with E-state index in [0.717, 1.165) is 108 Å². The molecule has 7 nitrogen and oxygen atoms in total. The first-order valence-electron chi connectivity index (χ1n) is 29.3. The third kappa shape index (κ3) is 23.8. The number of esters is 3. The molecule has 4 bridgehead atoms. The van der Waals surface area contributed by atoms with E-state index < -0.39 is 0 Å². The number of carbonyl (C=O) groups is 3. The number of ether oxygens (including phenoxy) is 3. The summed E-state index contributed by atoms with van der Waals surface area (Å²) in [7, 11) is 0. The lowest BCUT2D eigenvalue weighted by Gasteiger charge is -2.67. The van der Waals surface area contributed by atoms with Crippen LogP contribution in [0.5, 0.6) is 0 Å². The smallest absolute Gasteiger partial charge is 0.305 e. The van der Waals surface area contributed by atoms with Crippen molar-refractivity contribution in [1.29, 1.82) is 0 Å². The van der Waals surface area contributed by atoms with Crippen LogP contribution >= 0.6 is 0 Å². The molecule has 66 heavy (non-hydrogen) atoms. The molecule has 0 spiro atoms. The Morgan fingerprint density at radius 2 is 0.758 bits per heavy atom. The van der Waals surface area contributed by atoms with Crippen molar-refractivity contribution in [2.75, 3.05) is 39.5 Å². The highest BCUT2D eigenvalue weighted by molar-refractivity contribution is 5.69. The Bertz CT molecular complexity index is 1200. The van der Waals surface area contributed by atoms with Gasteiger partial charge in [-0.25, -0.2) is 0 Å². The minimum atomic E-state index is -0.0485. The van der Waals surface area contributed by atoms with Gasteiger partial charge < -0.3 is 19.1 Å². The van der Waals surface area contributed by atoms with Crippen LogP contribution in [0.4, 0.5) is 0 Å². The molecular weight excluding hydrogens is 819 g/mol. The number of hydrogen-bond donors (Lipinski definition) is 0. The standard InChI is InChI=1S/C59H109NO6/c1-7-13-17-19-31-51(29-15-9-3)33-21-23-35-54(61)64-42-26-38-57-45-53-46-58(48-57,50-59(47-53,49-57)40-28-44-66-56(63)37-25-41-60(11-5)12-6)39-27-43-65-55(62)36-24-22-34-52(30-16-10-4)32-20-18-14-8-2/h51-53H,7-50H2,1-6H3. The first-order valence-corrected chi connectivity index (χ1v) is 29.3. The normalized spacial score (nSPS) is 23.0. The third-order valence-electron chi connectivity index (χ3n) is 16.9. The van der Waals surface area contributed by atoms with Gasteiger partial charge in [-0.05, 0) is 150 Å². The van der Waals surface area contributed by atoms with Crippen LogP contribution < -0.4 is 0 Å². The Kier molecular flexibility index (Phi) is 30.8. The topological polar surface area (TPSA) is 82.1 Å². The van der Waals surface area contributed by atoms with Crippen LogP contribution in [0.1, 0.15) is 286 Å². The van der Waals surface area contributed by atoms with Gasteiger partial charge in [-0.3, -0.25) is 14.4 Å². The highest BCUT2D eigenvalue weighted by Crippen LogP contribution is 2.73. The fourth-order valence-electron chi connectivity index (χ4n) is 14.0. The summed E-state index contributed by atoms with van der Waals surface area (Å²) in [5, 5.41) is 0. The first-order chi connectivity index (χ1) is 32.1. The number of nitrogens with zero attached hydrogens (tertiary/aromatic N) is 1. The molecule has 0 aromatic rings. The van der Waals surface area contributed by atoms with E-state index in [1.54, 1.807) is 0 Å². The van der Waals surface area contributed by atoms with Crippen LogP contribution in [0.15, 0.2) is 0 Å². The molecule has 386 valence electrons. The zero-order chi connectivity index (χ0) is 47.8. The summed E-state index contributed by atoms with van der Waals surface area (Å²) in [4.78, 5) is 40.9. The molecule has 4 aliphatic carbocycles. The Labute approximate surface area is 408 Å². The van der Waals surface area contributed by atoms with Gasteiger partial charge in [0.05, 0.1) is 19.8 Å². The van der Waals surface area contributed by atoms with Gasteiger partial charge in [0, 0.05) is 19.3 Å². The minimum absolute atomic E-state index is 0.00683. The molecule has 4 unspecified atom stereocenters. The van der Waals surface area contributed by atoms with Crippen LogP contribution in [0.25, 0.3) is 0 Å². The molecule has 4 aliphatic rings. The Morgan fingerprint density at radius 1 is 0.424 bits per heavy atom. The first kappa shape index (κ1) is 58.7. The fraction of sp³-hybridized carbons (Fsp3) is 0.949. The second kappa shape index (κ2) is 34.6. The number of hydrogen-bond acceptors (Lipinski definition) is 7. The van der Waals surface area contributed by atoms with Gasteiger partial charge >= 0.3 is 17.9 Å². The van der Waals surface area contributed by atoms with Crippen LogP contribution in [-0.2, 0) is 28.6 Å². The molecule has 0 amide bonds. The molecule has 0 aliphatic heterocycles. The quantitative estimate of drug-likeness (QED) is 0.0342. The maximum absolute atomic E-state index is 12.9. The highest BCUT2D eigenvalue weighted by Gasteiger charge is 2.62. The van der Waals surface area contributed by atoms with Crippen molar-refractivity contribution in [2.24, 2.45) is 34.0 Å². The van der Waals surface area contributed by atoms with Crippen molar-refractivity contribution in [1.82, 2.24) is 4.90 Å². The number of rotatable bonds is 44. The van der Waals surface area contributed by atoms with E-state index in [4.69, 9.17) is 14.2 Å². The van der Waals surface area contributed by atoms with E-state index in [1.165, 1.54) is 154 Å². The van der Waals surface area contributed by atoms with Crippen molar-refractivity contribution >= 4 is 17.9 Å². The second-order valence-corrected chi connectivity index (χ2v) is 22.8. The maximum atomic E-state index is 12.9. The molecule has 4 saturated carbocycles. The molecular formula is C59H109NO6. The van der Waals surface area contributed by atoms with Crippen LogP contribution in [0, 0.1) is 34.0 Å². The Hall–Kier alpha value is -1.63. The van der Waals surface area contributed by atoms with Gasteiger partial charge in [0.2, 0.25) is 0 Å². The van der Waals surface area contributed by atoms with E-state index in [1.807, 2.05) is 0 Å². The molecule has 0 radical (unpaired) electrons. The molecule has 4 atom stereocenters. The summed E-state index contributed by atoms with van der Waals surface area (Å²) < 4.78 is 17.7. The Balaban J connectivity index is 1.49. The molecule has 0 aromatic heterocycles. The second-order valence-electron chi connectivity index (χ2n) is 22.8. The van der Waals surface area contributed by atoms with Gasteiger partial charge in [-0.15, -0.1) is 0 Å². The van der Waals surface area contributed by atoms with E-state index in [-0.39, 0.29) is 23.3 Å². The average Bonchev–Trinajstić information content (AvgIpc) is 3.29. The molecule has 0 aromatic carbocycles. The number of carbonyl (C=O) groups excluding carboxylic acids is 3. The molecule has 4 rings (SSSR count). The van der Waals surface area contributed by atoms with Crippen LogP contribution in [-0.4, -0.2) is 62.3 Å². The Morgan fingerprint density at radius 3 is 1.11 bits per heavy atom. The molecule has 4 fully saturated rings. The van der Waals surface area contributed by atoms with Crippen molar-refractivity contribution in [3.8, 4) is 0 Å². The van der Waals surface area contributed by atoms with Crippen LogP contribution in [0.2, 0.25) is 0 Å².